The summed E-state index contributed by atoms with van der Waals surface area (Å²) in [5.41, 5.74) is 7.42. The Bertz CT molecular complexity index is 354. The van der Waals surface area contributed by atoms with Crippen LogP contribution >= 0.6 is 0 Å². The molecule has 24 heavy (non-hydrogen) atoms. The van der Waals surface area contributed by atoms with Crippen molar-refractivity contribution in [1.29, 1.82) is 0 Å². The molecule has 0 heterocycles. The zero-order chi connectivity index (χ0) is 17.7. The number of aliphatic carboxylic acids is 4. The number of carbonyl (C=O) groups is 4. The van der Waals surface area contributed by atoms with E-state index >= 15 is 0 Å². The van der Waals surface area contributed by atoms with Crippen molar-refractivity contribution in [2.24, 2.45) is 5.92 Å². The van der Waals surface area contributed by atoms with Crippen LogP contribution in [0.5, 0.6) is 0 Å². The van der Waals surface area contributed by atoms with Gasteiger partial charge in [-0.15, -0.1) is 0 Å². The summed E-state index contributed by atoms with van der Waals surface area (Å²) in [7, 11) is 0. The van der Waals surface area contributed by atoms with E-state index in [0.717, 1.165) is 6.42 Å². The first-order chi connectivity index (χ1) is 10.1. The fourth-order valence-corrected chi connectivity index (χ4v) is 1.42. The van der Waals surface area contributed by atoms with Crippen molar-refractivity contribution in [3.8, 4) is 0 Å². The Kier molecular flexibility index (Phi) is 22.6. The monoisotopic (exact) mass is 532 g/mol. The van der Waals surface area contributed by atoms with Gasteiger partial charge in [0, 0.05) is 0 Å². The molecule has 7 N–H and O–H groups in total. The molecular weight excluding hydrogens is 509 g/mol. The average Bonchev–Trinajstić information content (AvgIpc) is 2.41. The molecule has 0 aliphatic heterocycles. The predicted octanol–water partition coefficient (Wildman–Crippen LogP) is 0.696. The van der Waals surface area contributed by atoms with Crippen LogP contribution in [0.1, 0.15) is 38.5 Å². The fraction of sp³-hybridized carbons (Fsp3) is 0.615. The van der Waals surface area contributed by atoms with Gasteiger partial charge in [0.05, 0.1) is 12.8 Å². The van der Waals surface area contributed by atoms with Gasteiger partial charge in [0.15, 0.2) is 0 Å². The molecule has 11 heteroatoms. The number of nitrogens with one attached hydrogen (secondary N) is 1. The molecule has 0 saturated heterocycles. The molecule has 1 fully saturated rings. The van der Waals surface area contributed by atoms with Crippen molar-refractivity contribution < 1.29 is 66.1 Å². The standard InChI is InChI=1S/C7H13N.C4H6O4.C2H2O4.H2O.Pt/c1-6-4-2-3-5-7(6)8;5-3(6)1-2-4(7)8;3-1(4)2(5)6;;/h6-8H,1-5H2;1-2H2,(H,5,6)(H,7,8);(H,3,4)(H,5,6);1H2;/q-2;;;;+2. The summed E-state index contributed by atoms with van der Waals surface area (Å²) < 4.78 is 0. The average molecular weight is 532 g/mol. The molecule has 1 aliphatic rings. The fourth-order valence-electron chi connectivity index (χ4n) is 1.42. The van der Waals surface area contributed by atoms with Crippen LogP contribution in [0.4, 0.5) is 0 Å². The molecule has 0 aromatic carbocycles. The van der Waals surface area contributed by atoms with Gasteiger partial charge in [-0.3, -0.25) is 9.59 Å². The Morgan fingerprint density at radius 3 is 1.38 bits per heavy atom. The van der Waals surface area contributed by atoms with Gasteiger partial charge in [-0.1, -0.05) is 25.7 Å². The van der Waals surface area contributed by atoms with Gasteiger partial charge in [-0.2, -0.15) is 12.0 Å². The minimum Gasteiger partial charge on any atom is -0.677 e. The molecule has 0 aromatic rings. The number of carboxylic acids is 4. The van der Waals surface area contributed by atoms with Gasteiger partial charge >= 0.3 is 44.9 Å². The van der Waals surface area contributed by atoms with Crippen molar-refractivity contribution in [2.75, 3.05) is 0 Å². The maximum atomic E-state index is 9.64. The minimum absolute atomic E-state index is 0. The molecule has 2 unspecified atom stereocenters. The maximum absolute atomic E-state index is 9.64. The van der Waals surface area contributed by atoms with E-state index in [-0.39, 0.29) is 45.4 Å². The molecular formula is C13H23NO9Pt. The topological polar surface area (TPSA) is 204 Å². The van der Waals surface area contributed by atoms with Crippen LogP contribution in [0.15, 0.2) is 0 Å². The minimum atomic E-state index is -1.82. The van der Waals surface area contributed by atoms with E-state index in [9.17, 15) is 9.59 Å². The third-order valence-corrected chi connectivity index (χ3v) is 2.64. The predicted molar refractivity (Wildman–Crippen MR) is 78.8 cm³/mol. The molecule has 1 rings (SSSR count). The first-order valence-corrected chi connectivity index (χ1v) is 6.51. The SMILES string of the molecule is O.O=C(O)C(=O)O.O=C(O)CCC(=O)O.[CH2-]C1CCCCC1[NH-].[Pt+2]. The molecule has 10 nitrogen and oxygen atoms in total. The first-order valence-electron chi connectivity index (χ1n) is 6.51. The van der Waals surface area contributed by atoms with E-state index in [1.165, 1.54) is 19.3 Å². The van der Waals surface area contributed by atoms with Crippen LogP contribution < -0.4 is 0 Å². The van der Waals surface area contributed by atoms with Crippen molar-refractivity contribution in [2.45, 2.75) is 44.6 Å². The van der Waals surface area contributed by atoms with Crippen LogP contribution in [0, 0.1) is 12.8 Å². The van der Waals surface area contributed by atoms with Crippen LogP contribution in [-0.4, -0.2) is 55.8 Å². The zero-order valence-electron chi connectivity index (χ0n) is 12.8. The Labute approximate surface area is 153 Å². The molecule has 0 spiro atoms. The molecule has 0 aromatic heterocycles. The summed E-state index contributed by atoms with van der Waals surface area (Å²) in [4.78, 5) is 37.5. The van der Waals surface area contributed by atoms with Crippen molar-refractivity contribution in [3.63, 3.8) is 0 Å². The van der Waals surface area contributed by atoms with Gasteiger partial charge in [0.1, 0.15) is 0 Å². The maximum Gasteiger partial charge on any atom is 2.00 e. The Morgan fingerprint density at radius 2 is 1.21 bits per heavy atom. The van der Waals surface area contributed by atoms with E-state index in [1.807, 2.05) is 0 Å². The summed E-state index contributed by atoms with van der Waals surface area (Å²) in [5, 5.41) is 30.6. The summed E-state index contributed by atoms with van der Waals surface area (Å²) in [6.07, 6.45) is 4.21. The molecule has 144 valence electrons. The second-order valence-corrected chi connectivity index (χ2v) is 4.55. The number of carboxylic acid groups (broad SMARTS) is 4. The Morgan fingerprint density at radius 1 is 0.875 bits per heavy atom. The summed E-state index contributed by atoms with van der Waals surface area (Å²) in [6.45, 7) is 3.89. The van der Waals surface area contributed by atoms with Crippen molar-refractivity contribution >= 4 is 23.9 Å². The zero-order valence-corrected chi connectivity index (χ0v) is 15.1. The molecule has 0 bridgehead atoms. The van der Waals surface area contributed by atoms with Crippen molar-refractivity contribution in [3.05, 3.63) is 12.7 Å². The van der Waals surface area contributed by atoms with Crippen LogP contribution in [0.3, 0.4) is 0 Å². The Hall–Kier alpha value is -1.51. The van der Waals surface area contributed by atoms with E-state index in [4.69, 9.17) is 35.7 Å². The number of hydrogen-bond donors (Lipinski definition) is 4. The molecule has 1 saturated carbocycles. The molecule has 2 atom stereocenters. The molecule has 0 amide bonds. The van der Waals surface area contributed by atoms with Gasteiger partial charge in [0.25, 0.3) is 0 Å². The van der Waals surface area contributed by atoms with Crippen LogP contribution in [0.25, 0.3) is 5.73 Å². The third-order valence-electron chi connectivity index (χ3n) is 2.64. The van der Waals surface area contributed by atoms with E-state index in [0.29, 0.717) is 5.92 Å². The summed E-state index contributed by atoms with van der Waals surface area (Å²) >= 11 is 0. The van der Waals surface area contributed by atoms with Crippen LogP contribution in [0.2, 0.25) is 0 Å². The summed E-state index contributed by atoms with van der Waals surface area (Å²) in [5.74, 6) is -5.38. The summed E-state index contributed by atoms with van der Waals surface area (Å²) in [6, 6.07) is 0.142. The third kappa shape index (κ3) is 22.8. The van der Waals surface area contributed by atoms with E-state index < -0.39 is 23.9 Å². The van der Waals surface area contributed by atoms with Gasteiger partial charge in [-0.05, 0) is 0 Å². The van der Waals surface area contributed by atoms with E-state index in [1.54, 1.807) is 0 Å². The molecule has 1 aliphatic carbocycles. The number of hydrogen-bond acceptors (Lipinski definition) is 4. The van der Waals surface area contributed by atoms with Crippen molar-refractivity contribution in [1.82, 2.24) is 0 Å². The largest absolute Gasteiger partial charge is 2.00 e. The second-order valence-electron chi connectivity index (χ2n) is 4.55. The van der Waals surface area contributed by atoms with Crippen LogP contribution in [-0.2, 0) is 40.2 Å². The second kappa shape index (κ2) is 17.8. The quantitative estimate of drug-likeness (QED) is 0.300. The smallest absolute Gasteiger partial charge is 0.677 e. The van der Waals surface area contributed by atoms with Gasteiger partial charge < -0.3 is 38.6 Å². The van der Waals surface area contributed by atoms with E-state index in [2.05, 4.69) is 6.92 Å². The molecule has 0 radical (unpaired) electrons. The first kappa shape index (κ1) is 30.4. The van der Waals surface area contributed by atoms with Gasteiger partial charge in [0.2, 0.25) is 0 Å². The number of rotatable bonds is 3. The normalized spacial score (nSPS) is 17.9. The Balaban J connectivity index is -0.000000122. The van der Waals surface area contributed by atoms with Gasteiger partial charge in [-0.25, -0.2) is 9.59 Å².